The van der Waals surface area contributed by atoms with E-state index in [-0.39, 0.29) is 0 Å². The molecule has 0 aromatic heterocycles. The van der Waals surface area contributed by atoms with Crippen molar-refractivity contribution in [2.75, 3.05) is 33.3 Å². The standard InChI is InChI=1S/C17H30N2O/c1-5-16(15-11-8-9-12-17(15)20-4)18-13-10-14-19(6-2)7-3/h8-9,11-12,16,18H,5-7,10,13-14H2,1-4H3. The van der Waals surface area contributed by atoms with Gasteiger partial charge in [-0.3, -0.25) is 0 Å². The molecule has 0 saturated carbocycles. The van der Waals surface area contributed by atoms with Gasteiger partial charge in [-0.15, -0.1) is 0 Å². The van der Waals surface area contributed by atoms with E-state index in [0.29, 0.717) is 6.04 Å². The van der Waals surface area contributed by atoms with E-state index in [1.165, 1.54) is 18.5 Å². The van der Waals surface area contributed by atoms with Crippen molar-refractivity contribution in [2.45, 2.75) is 39.7 Å². The van der Waals surface area contributed by atoms with Gasteiger partial charge in [-0.1, -0.05) is 39.0 Å². The lowest BCUT2D eigenvalue weighted by atomic mass is 10.0. The zero-order chi connectivity index (χ0) is 14.8. The number of ether oxygens (including phenoxy) is 1. The van der Waals surface area contributed by atoms with Crippen LogP contribution in [0, 0.1) is 0 Å². The zero-order valence-electron chi connectivity index (χ0n) is 13.5. The van der Waals surface area contributed by atoms with Gasteiger partial charge in [-0.05, 0) is 45.1 Å². The molecule has 1 N–H and O–H groups in total. The number of para-hydroxylation sites is 1. The highest BCUT2D eigenvalue weighted by Gasteiger charge is 2.12. The average Bonchev–Trinajstić information content (AvgIpc) is 2.51. The molecular weight excluding hydrogens is 248 g/mol. The topological polar surface area (TPSA) is 24.5 Å². The molecule has 1 unspecified atom stereocenters. The number of rotatable bonds is 10. The minimum absolute atomic E-state index is 0.378. The lowest BCUT2D eigenvalue weighted by Crippen LogP contribution is -2.28. The second-order valence-electron chi connectivity index (χ2n) is 5.04. The van der Waals surface area contributed by atoms with E-state index in [1.54, 1.807) is 7.11 Å². The minimum atomic E-state index is 0.378. The summed E-state index contributed by atoms with van der Waals surface area (Å²) >= 11 is 0. The van der Waals surface area contributed by atoms with Gasteiger partial charge in [0.2, 0.25) is 0 Å². The molecule has 0 aliphatic heterocycles. The molecule has 0 aliphatic carbocycles. The van der Waals surface area contributed by atoms with Gasteiger partial charge >= 0.3 is 0 Å². The lowest BCUT2D eigenvalue weighted by Gasteiger charge is -2.22. The SMILES string of the molecule is CCC(NCCCN(CC)CC)c1ccccc1OC. The summed E-state index contributed by atoms with van der Waals surface area (Å²) in [5.41, 5.74) is 1.26. The molecule has 0 heterocycles. The number of nitrogens with zero attached hydrogens (tertiary/aromatic N) is 1. The van der Waals surface area contributed by atoms with Crippen LogP contribution in [0.25, 0.3) is 0 Å². The van der Waals surface area contributed by atoms with Crippen LogP contribution >= 0.6 is 0 Å². The lowest BCUT2D eigenvalue weighted by molar-refractivity contribution is 0.295. The van der Waals surface area contributed by atoms with Gasteiger partial charge in [-0.25, -0.2) is 0 Å². The smallest absolute Gasteiger partial charge is 0.123 e. The van der Waals surface area contributed by atoms with Gasteiger partial charge in [-0.2, -0.15) is 0 Å². The van der Waals surface area contributed by atoms with Gasteiger partial charge in [0.1, 0.15) is 5.75 Å². The molecule has 1 aromatic carbocycles. The molecule has 0 aliphatic rings. The molecule has 1 aromatic rings. The molecule has 20 heavy (non-hydrogen) atoms. The zero-order valence-corrected chi connectivity index (χ0v) is 13.5. The van der Waals surface area contributed by atoms with Crippen molar-refractivity contribution in [3.8, 4) is 5.75 Å². The van der Waals surface area contributed by atoms with E-state index >= 15 is 0 Å². The van der Waals surface area contributed by atoms with Crippen LogP contribution < -0.4 is 10.1 Å². The Bertz CT molecular complexity index is 364. The molecule has 1 rings (SSSR count). The van der Waals surface area contributed by atoms with Crippen LogP contribution in [0.5, 0.6) is 5.75 Å². The summed E-state index contributed by atoms with van der Waals surface area (Å²) in [6.45, 7) is 11.2. The maximum Gasteiger partial charge on any atom is 0.123 e. The fourth-order valence-corrected chi connectivity index (χ4v) is 2.55. The van der Waals surface area contributed by atoms with Crippen LogP contribution in [0.2, 0.25) is 0 Å². The summed E-state index contributed by atoms with van der Waals surface area (Å²) in [6, 6.07) is 8.68. The Hall–Kier alpha value is -1.06. The number of hydrogen-bond acceptors (Lipinski definition) is 3. The summed E-state index contributed by atoms with van der Waals surface area (Å²) in [4.78, 5) is 2.46. The van der Waals surface area contributed by atoms with Gasteiger partial charge < -0.3 is 15.0 Å². The maximum atomic E-state index is 5.46. The summed E-state index contributed by atoms with van der Waals surface area (Å²) in [6.07, 6.45) is 2.26. The van der Waals surface area contributed by atoms with Crippen molar-refractivity contribution in [3.63, 3.8) is 0 Å². The highest BCUT2D eigenvalue weighted by Crippen LogP contribution is 2.26. The second-order valence-corrected chi connectivity index (χ2v) is 5.04. The molecular formula is C17H30N2O. The van der Waals surface area contributed by atoms with E-state index in [2.05, 4.69) is 43.1 Å². The van der Waals surface area contributed by atoms with Crippen LogP contribution in [0.3, 0.4) is 0 Å². The molecule has 0 amide bonds. The van der Waals surface area contributed by atoms with E-state index in [1.807, 2.05) is 12.1 Å². The van der Waals surface area contributed by atoms with Gasteiger partial charge in [0, 0.05) is 11.6 Å². The van der Waals surface area contributed by atoms with Gasteiger partial charge in [0.25, 0.3) is 0 Å². The van der Waals surface area contributed by atoms with Crippen LogP contribution in [-0.2, 0) is 0 Å². The fourth-order valence-electron chi connectivity index (χ4n) is 2.55. The minimum Gasteiger partial charge on any atom is -0.496 e. The van der Waals surface area contributed by atoms with E-state index < -0.39 is 0 Å². The Morgan fingerprint density at radius 1 is 1.15 bits per heavy atom. The van der Waals surface area contributed by atoms with Crippen LogP contribution in [0.4, 0.5) is 0 Å². The third kappa shape index (κ3) is 5.14. The van der Waals surface area contributed by atoms with Crippen LogP contribution in [0.1, 0.15) is 45.2 Å². The largest absolute Gasteiger partial charge is 0.496 e. The third-order valence-corrected chi connectivity index (χ3v) is 3.86. The van der Waals surface area contributed by atoms with Crippen molar-refractivity contribution in [2.24, 2.45) is 0 Å². The Kier molecular flexibility index (Phi) is 8.31. The number of hydrogen-bond donors (Lipinski definition) is 1. The third-order valence-electron chi connectivity index (χ3n) is 3.86. The van der Waals surface area contributed by atoms with E-state index in [4.69, 9.17) is 4.74 Å². The highest BCUT2D eigenvalue weighted by atomic mass is 16.5. The Balaban J connectivity index is 2.47. The highest BCUT2D eigenvalue weighted by molar-refractivity contribution is 5.35. The number of methoxy groups -OCH3 is 1. The summed E-state index contributed by atoms with van der Waals surface area (Å²) < 4.78 is 5.46. The Morgan fingerprint density at radius 2 is 1.85 bits per heavy atom. The molecule has 1 atom stereocenters. The molecule has 0 spiro atoms. The quantitative estimate of drug-likeness (QED) is 0.663. The van der Waals surface area contributed by atoms with Crippen molar-refractivity contribution >= 4 is 0 Å². The molecule has 3 heteroatoms. The summed E-state index contributed by atoms with van der Waals surface area (Å²) in [7, 11) is 1.74. The molecule has 0 saturated heterocycles. The van der Waals surface area contributed by atoms with Crippen molar-refractivity contribution in [3.05, 3.63) is 29.8 Å². The molecule has 0 radical (unpaired) electrons. The summed E-state index contributed by atoms with van der Waals surface area (Å²) in [5, 5.41) is 3.66. The van der Waals surface area contributed by atoms with Gasteiger partial charge in [0.05, 0.1) is 7.11 Å². The number of benzene rings is 1. The first-order valence-electron chi connectivity index (χ1n) is 7.85. The van der Waals surface area contributed by atoms with Crippen LogP contribution in [0.15, 0.2) is 24.3 Å². The average molecular weight is 278 g/mol. The normalized spacial score (nSPS) is 12.7. The molecule has 0 bridgehead atoms. The monoisotopic (exact) mass is 278 g/mol. The Labute approximate surface area is 124 Å². The van der Waals surface area contributed by atoms with Gasteiger partial charge in [0.15, 0.2) is 0 Å². The Morgan fingerprint density at radius 3 is 2.45 bits per heavy atom. The molecule has 114 valence electrons. The predicted molar refractivity (Wildman–Crippen MR) is 86.4 cm³/mol. The predicted octanol–water partition coefficient (Wildman–Crippen LogP) is 3.47. The summed E-state index contributed by atoms with van der Waals surface area (Å²) in [5.74, 6) is 0.982. The van der Waals surface area contributed by atoms with E-state index in [0.717, 1.165) is 31.8 Å². The van der Waals surface area contributed by atoms with Crippen molar-refractivity contribution in [1.29, 1.82) is 0 Å². The maximum absolute atomic E-state index is 5.46. The van der Waals surface area contributed by atoms with E-state index in [9.17, 15) is 0 Å². The van der Waals surface area contributed by atoms with Crippen molar-refractivity contribution < 1.29 is 4.74 Å². The first-order valence-corrected chi connectivity index (χ1v) is 7.85. The molecule has 3 nitrogen and oxygen atoms in total. The second kappa shape index (κ2) is 9.78. The molecule has 0 fully saturated rings. The first kappa shape index (κ1) is 17.0. The fraction of sp³-hybridized carbons (Fsp3) is 0.647. The van der Waals surface area contributed by atoms with Crippen LogP contribution in [-0.4, -0.2) is 38.2 Å². The number of nitrogens with one attached hydrogen (secondary N) is 1. The van der Waals surface area contributed by atoms with Crippen molar-refractivity contribution in [1.82, 2.24) is 10.2 Å². The first-order chi connectivity index (χ1) is 9.76.